The number of thiol groups is 1. The van der Waals surface area contributed by atoms with E-state index in [1.54, 1.807) is 19.2 Å². The molecule has 7 heteroatoms. The third-order valence-corrected chi connectivity index (χ3v) is 3.56. The molecule has 0 aliphatic heterocycles. The van der Waals surface area contributed by atoms with E-state index in [2.05, 4.69) is 12.6 Å². The molecule has 2 rings (SSSR count). The van der Waals surface area contributed by atoms with Crippen molar-refractivity contribution in [3.8, 4) is 0 Å². The Labute approximate surface area is 169 Å². The number of nitrogens with one attached hydrogen (secondary N) is 1. The number of hydrogen-bond donors (Lipinski definition) is 3. The van der Waals surface area contributed by atoms with Gasteiger partial charge in [-0.3, -0.25) is 10.2 Å². The zero-order chi connectivity index (χ0) is 19.5. The molecular formula is C20H39NO5S. The molecule has 6 N–H and O–H groups in total. The maximum atomic E-state index is 10.7. The summed E-state index contributed by atoms with van der Waals surface area (Å²) in [7, 11) is 1.70. The summed E-state index contributed by atoms with van der Waals surface area (Å²) < 4.78 is 4.73. The lowest BCUT2D eigenvalue weighted by molar-refractivity contribution is -0.111. The lowest BCUT2D eigenvalue weighted by atomic mass is 10.1. The highest BCUT2D eigenvalue weighted by molar-refractivity contribution is 7.80. The Morgan fingerprint density at radius 1 is 1.19 bits per heavy atom. The van der Waals surface area contributed by atoms with Gasteiger partial charge in [0, 0.05) is 26.2 Å². The number of methoxy groups -OCH3 is 1. The first-order valence-corrected chi connectivity index (χ1v) is 9.59. The predicted molar refractivity (Wildman–Crippen MR) is 117 cm³/mol. The van der Waals surface area contributed by atoms with Crippen molar-refractivity contribution in [3.05, 3.63) is 35.9 Å². The van der Waals surface area contributed by atoms with Gasteiger partial charge in [0.05, 0.1) is 6.10 Å². The number of aliphatic hydroxyl groups is 1. The van der Waals surface area contributed by atoms with Crippen LogP contribution in [0.3, 0.4) is 0 Å². The molecule has 1 saturated carbocycles. The van der Waals surface area contributed by atoms with Crippen LogP contribution in [0.1, 0.15) is 58.4 Å². The van der Waals surface area contributed by atoms with Gasteiger partial charge in [-0.2, -0.15) is 12.6 Å². The molecule has 1 aromatic rings. The van der Waals surface area contributed by atoms with Gasteiger partial charge in [0.1, 0.15) is 5.71 Å². The van der Waals surface area contributed by atoms with Gasteiger partial charge in [0.2, 0.25) is 0 Å². The number of carbonyl (C=O) groups excluding carboxylic acids is 1. The van der Waals surface area contributed by atoms with E-state index in [-0.39, 0.29) is 28.6 Å². The summed E-state index contributed by atoms with van der Waals surface area (Å²) in [5, 5.41) is 16.1. The van der Waals surface area contributed by atoms with Crippen molar-refractivity contribution >= 4 is 24.1 Å². The van der Waals surface area contributed by atoms with Crippen LogP contribution in [0.15, 0.2) is 30.3 Å². The first kappa shape index (κ1) is 33.3. The molecule has 160 valence electrons. The van der Waals surface area contributed by atoms with Crippen molar-refractivity contribution in [1.29, 1.82) is 5.41 Å². The molecule has 1 aromatic carbocycles. The van der Waals surface area contributed by atoms with Gasteiger partial charge < -0.3 is 20.8 Å². The molecular weight excluding hydrogens is 366 g/mol. The van der Waals surface area contributed by atoms with Crippen molar-refractivity contribution < 1.29 is 25.6 Å². The minimum atomic E-state index is -0.198. The Balaban J connectivity index is -0.000000144. The van der Waals surface area contributed by atoms with Gasteiger partial charge in [0.25, 0.3) is 0 Å². The minimum absolute atomic E-state index is 0. The van der Waals surface area contributed by atoms with Crippen LogP contribution < -0.4 is 0 Å². The van der Waals surface area contributed by atoms with E-state index in [0.717, 1.165) is 31.6 Å². The van der Waals surface area contributed by atoms with E-state index < -0.39 is 0 Å². The van der Waals surface area contributed by atoms with Crippen LogP contribution in [0.25, 0.3) is 0 Å². The second-order valence-corrected chi connectivity index (χ2v) is 5.75. The fourth-order valence-corrected chi connectivity index (χ4v) is 2.05. The smallest absolute Gasteiger partial charge is 0.177 e. The minimum Gasteiger partial charge on any atom is -0.412 e. The van der Waals surface area contributed by atoms with E-state index in [4.69, 9.17) is 15.3 Å². The van der Waals surface area contributed by atoms with Gasteiger partial charge in [0.15, 0.2) is 5.78 Å². The molecule has 0 spiro atoms. The maximum absolute atomic E-state index is 10.7. The maximum Gasteiger partial charge on any atom is 0.177 e. The molecule has 0 atom stereocenters. The van der Waals surface area contributed by atoms with Gasteiger partial charge >= 0.3 is 0 Å². The van der Waals surface area contributed by atoms with Gasteiger partial charge in [-0.15, -0.1) is 0 Å². The Morgan fingerprint density at radius 2 is 1.67 bits per heavy atom. The standard InChI is InChI=1S/C9H9NO.C5H10O.C4H10OS.C2H6.2H2O/c1-7(11)9(10)8-5-3-2-4-6-8;6-5-3-1-2-4-5;1-5-3-2-4-6;1-2;;/h2-6,10H,1H3;5-6H,1-4H2;6H,2-4H2,1H3;1-2H3;2*1H2. The normalized spacial score (nSPS) is 11.6. The Morgan fingerprint density at radius 3 is 1.93 bits per heavy atom. The average molecular weight is 406 g/mol. The van der Waals surface area contributed by atoms with Crippen LogP contribution in [0.5, 0.6) is 0 Å². The number of carbonyl (C=O) groups is 1. The molecule has 1 aliphatic carbocycles. The van der Waals surface area contributed by atoms with E-state index in [1.165, 1.54) is 19.8 Å². The molecule has 0 amide bonds. The lowest BCUT2D eigenvalue weighted by Crippen LogP contribution is -2.08. The SMILES string of the molecule is CC.CC(=O)C(=N)c1ccccc1.COCCCS.O.O.OC1CCCC1. The molecule has 0 saturated heterocycles. The fraction of sp³-hybridized carbons (Fsp3) is 0.600. The number of ketones is 1. The summed E-state index contributed by atoms with van der Waals surface area (Å²) in [6.45, 7) is 6.23. The highest BCUT2D eigenvalue weighted by Crippen LogP contribution is 2.16. The van der Waals surface area contributed by atoms with Gasteiger partial charge in [-0.05, 0) is 25.0 Å². The zero-order valence-corrected chi connectivity index (χ0v) is 18.0. The highest BCUT2D eigenvalue weighted by Gasteiger charge is 2.09. The molecule has 0 unspecified atom stereocenters. The number of rotatable bonds is 5. The van der Waals surface area contributed by atoms with Gasteiger partial charge in [-0.1, -0.05) is 57.0 Å². The number of benzene rings is 1. The van der Waals surface area contributed by atoms with Crippen molar-refractivity contribution in [2.24, 2.45) is 0 Å². The van der Waals surface area contributed by atoms with E-state index in [0.29, 0.717) is 5.56 Å². The highest BCUT2D eigenvalue weighted by atomic mass is 32.1. The van der Waals surface area contributed by atoms with Crippen LogP contribution in [0.4, 0.5) is 0 Å². The first-order valence-electron chi connectivity index (χ1n) is 8.95. The number of Topliss-reactive ketones (excluding diaryl/α,β-unsaturated/α-hetero) is 1. The molecule has 1 fully saturated rings. The Kier molecular flexibility index (Phi) is 30.6. The summed E-state index contributed by atoms with van der Waals surface area (Å²) in [4.78, 5) is 10.7. The summed E-state index contributed by atoms with van der Waals surface area (Å²) in [5.41, 5.74) is 0.755. The third kappa shape index (κ3) is 20.9. The molecule has 0 bridgehead atoms. The zero-order valence-electron chi connectivity index (χ0n) is 17.1. The second kappa shape index (κ2) is 24.8. The van der Waals surface area contributed by atoms with Crippen LogP contribution in [0.2, 0.25) is 0 Å². The number of ether oxygens (including phenoxy) is 1. The fourth-order valence-electron chi connectivity index (χ4n) is 1.92. The predicted octanol–water partition coefficient (Wildman–Crippen LogP) is 2.89. The first-order chi connectivity index (χ1) is 12.0. The molecule has 0 radical (unpaired) electrons. The summed E-state index contributed by atoms with van der Waals surface area (Å²) in [5.74, 6) is 0.726. The quantitative estimate of drug-likeness (QED) is 0.395. The average Bonchev–Trinajstić information content (AvgIpc) is 3.13. The summed E-state index contributed by atoms with van der Waals surface area (Å²) >= 11 is 3.97. The second-order valence-electron chi connectivity index (χ2n) is 5.31. The molecule has 1 aliphatic rings. The van der Waals surface area contributed by atoms with Crippen molar-refractivity contribution in [2.45, 2.75) is 59.0 Å². The van der Waals surface area contributed by atoms with Crippen molar-refractivity contribution in [2.75, 3.05) is 19.5 Å². The van der Waals surface area contributed by atoms with Crippen LogP contribution in [-0.2, 0) is 9.53 Å². The van der Waals surface area contributed by atoms with E-state index in [9.17, 15) is 4.79 Å². The molecule has 6 nitrogen and oxygen atoms in total. The van der Waals surface area contributed by atoms with Crippen molar-refractivity contribution in [3.63, 3.8) is 0 Å². The van der Waals surface area contributed by atoms with Crippen LogP contribution in [-0.4, -0.2) is 53.1 Å². The number of hydrogen-bond acceptors (Lipinski definition) is 5. The van der Waals surface area contributed by atoms with Gasteiger partial charge in [-0.25, -0.2) is 0 Å². The number of aliphatic hydroxyl groups excluding tert-OH is 1. The topological polar surface area (TPSA) is 133 Å². The van der Waals surface area contributed by atoms with Crippen LogP contribution >= 0.6 is 12.6 Å². The molecule has 27 heavy (non-hydrogen) atoms. The lowest BCUT2D eigenvalue weighted by Gasteiger charge is -1.96. The summed E-state index contributed by atoms with van der Waals surface area (Å²) in [6.07, 6.45) is 5.66. The van der Waals surface area contributed by atoms with Crippen molar-refractivity contribution in [1.82, 2.24) is 0 Å². The molecule has 0 heterocycles. The summed E-state index contributed by atoms with van der Waals surface area (Å²) in [6, 6.07) is 8.99. The third-order valence-electron chi connectivity index (χ3n) is 3.25. The Bertz CT molecular complexity index is 433. The molecule has 0 aromatic heterocycles. The van der Waals surface area contributed by atoms with E-state index >= 15 is 0 Å². The largest absolute Gasteiger partial charge is 0.412 e. The Hall–Kier alpha value is -1.25. The monoisotopic (exact) mass is 405 g/mol. The van der Waals surface area contributed by atoms with E-state index in [1.807, 2.05) is 32.0 Å². The van der Waals surface area contributed by atoms with Crippen LogP contribution in [0, 0.1) is 5.41 Å².